The molecule has 0 saturated heterocycles. The maximum absolute atomic E-state index is 13.2. The van der Waals surface area contributed by atoms with E-state index in [1.165, 1.54) is 11.0 Å². The number of ether oxygens (including phenoxy) is 1. The van der Waals surface area contributed by atoms with Crippen LogP contribution >= 0.6 is 0 Å². The van der Waals surface area contributed by atoms with E-state index in [2.05, 4.69) is 10.6 Å². The first-order chi connectivity index (χ1) is 12.3. The van der Waals surface area contributed by atoms with Crippen LogP contribution in [0.25, 0.3) is 0 Å². The van der Waals surface area contributed by atoms with Crippen molar-refractivity contribution in [1.29, 1.82) is 0 Å². The monoisotopic (exact) mass is 359 g/mol. The molecule has 26 heavy (non-hydrogen) atoms. The lowest BCUT2D eigenvalue weighted by atomic mass is 10.1. The molecule has 0 atom stereocenters. The number of halogens is 1. The number of rotatable bonds is 6. The van der Waals surface area contributed by atoms with Crippen molar-refractivity contribution >= 4 is 17.6 Å². The van der Waals surface area contributed by atoms with E-state index in [0.717, 1.165) is 5.56 Å². The number of anilines is 1. The molecule has 6 nitrogen and oxygen atoms in total. The predicted octanol–water partition coefficient (Wildman–Crippen LogP) is 2.92. The Morgan fingerprint density at radius 1 is 1.12 bits per heavy atom. The largest absolute Gasteiger partial charge is 0.484 e. The molecule has 3 amide bonds. The number of hydrogen-bond acceptors (Lipinski definition) is 3. The zero-order chi connectivity index (χ0) is 19.1. The van der Waals surface area contributed by atoms with Crippen molar-refractivity contribution in [3.8, 4) is 5.75 Å². The Morgan fingerprint density at radius 3 is 2.42 bits per heavy atom. The Bertz CT molecular complexity index is 776. The van der Waals surface area contributed by atoms with Gasteiger partial charge >= 0.3 is 6.03 Å². The number of amides is 3. The van der Waals surface area contributed by atoms with Gasteiger partial charge in [-0.3, -0.25) is 4.79 Å². The van der Waals surface area contributed by atoms with Crippen LogP contribution in [-0.2, 0) is 11.3 Å². The molecule has 0 saturated carbocycles. The highest BCUT2D eigenvalue weighted by atomic mass is 19.1. The number of nitrogens with one attached hydrogen (secondary N) is 2. The summed E-state index contributed by atoms with van der Waals surface area (Å²) in [5.74, 6) is 0.128. The first kappa shape index (κ1) is 19.2. The molecule has 0 spiro atoms. The number of benzene rings is 2. The van der Waals surface area contributed by atoms with Crippen LogP contribution in [0.3, 0.4) is 0 Å². The second-order valence-electron chi connectivity index (χ2n) is 5.99. The lowest BCUT2D eigenvalue weighted by Crippen LogP contribution is -2.28. The predicted molar refractivity (Wildman–Crippen MR) is 97.6 cm³/mol. The highest BCUT2D eigenvalue weighted by molar-refractivity contribution is 5.89. The summed E-state index contributed by atoms with van der Waals surface area (Å²) in [6.45, 7) is 1.92. The van der Waals surface area contributed by atoms with Crippen molar-refractivity contribution in [2.75, 3.05) is 26.0 Å². The summed E-state index contributed by atoms with van der Waals surface area (Å²) in [5, 5.41) is 5.40. The van der Waals surface area contributed by atoms with Crippen molar-refractivity contribution in [3.05, 3.63) is 59.4 Å². The summed E-state index contributed by atoms with van der Waals surface area (Å²) >= 11 is 0. The Kier molecular flexibility index (Phi) is 6.54. The van der Waals surface area contributed by atoms with Gasteiger partial charge in [0.2, 0.25) is 0 Å². The van der Waals surface area contributed by atoms with E-state index in [-0.39, 0.29) is 24.4 Å². The zero-order valence-corrected chi connectivity index (χ0v) is 15.0. The van der Waals surface area contributed by atoms with Gasteiger partial charge in [0, 0.05) is 26.3 Å². The number of carbonyl (C=O) groups is 2. The molecule has 0 aliphatic rings. The number of likely N-dealkylation sites (N-methyl/N-ethyl adjacent to an activating group) is 1. The topological polar surface area (TPSA) is 70.7 Å². The molecule has 2 aromatic carbocycles. The van der Waals surface area contributed by atoms with Gasteiger partial charge in [-0.05, 0) is 48.4 Å². The molecule has 2 aromatic rings. The van der Waals surface area contributed by atoms with Crippen molar-refractivity contribution in [1.82, 2.24) is 10.2 Å². The van der Waals surface area contributed by atoms with E-state index in [1.54, 1.807) is 57.4 Å². The summed E-state index contributed by atoms with van der Waals surface area (Å²) in [7, 11) is 3.31. The molecule has 2 N–H and O–H groups in total. The van der Waals surface area contributed by atoms with Crippen LogP contribution < -0.4 is 15.4 Å². The minimum Gasteiger partial charge on any atom is -0.484 e. The third-order valence-corrected chi connectivity index (χ3v) is 3.65. The number of urea groups is 1. The molecular weight excluding hydrogens is 337 g/mol. The van der Waals surface area contributed by atoms with E-state index < -0.39 is 0 Å². The Hall–Kier alpha value is -3.09. The van der Waals surface area contributed by atoms with E-state index in [9.17, 15) is 14.0 Å². The number of carbonyl (C=O) groups excluding carboxylic acids is 2. The smallest absolute Gasteiger partial charge is 0.319 e. The van der Waals surface area contributed by atoms with Gasteiger partial charge in [0.05, 0.1) is 0 Å². The first-order valence-corrected chi connectivity index (χ1v) is 8.08. The SMILES string of the molecule is Cc1cc(CNC(=O)Nc2ccc(OCC(=O)N(C)C)cc2)ccc1F. The van der Waals surface area contributed by atoms with Crippen LogP contribution in [0.1, 0.15) is 11.1 Å². The first-order valence-electron chi connectivity index (χ1n) is 8.08. The van der Waals surface area contributed by atoms with Crippen molar-refractivity contribution in [3.63, 3.8) is 0 Å². The molecule has 0 bridgehead atoms. The fraction of sp³-hybridized carbons (Fsp3) is 0.263. The van der Waals surface area contributed by atoms with E-state index >= 15 is 0 Å². The number of aryl methyl sites for hydroxylation is 1. The average molecular weight is 359 g/mol. The molecule has 0 unspecified atom stereocenters. The molecular formula is C19H22FN3O3. The normalized spacial score (nSPS) is 10.2. The molecule has 0 radical (unpaired) electrons. The van der Waals surface area contributed by atoms with Gasteiger partial charge in [0.15, 0.2) is 6.61 Å². The third-order valence-electron chi connectivity index (χ3n) is 3.65. The second-order valence-corrected chi connectivity index (χ2v) is 5.99. The Labute approximate surface area is 152 Å². The maximum Gasteiger partial charge on any atom is 0.319 e. The molecule has 2 rings (SSSR count). The van der Waals surface area contributed by atoms with Crippen molar-refractivity contribution in [2.24, 2.45) is 0 Å². The van der Waals surface area contributed by atoms with Crippen LogP contribution in [0, 0.1) is 12.7 Å². The minimum absolute atomic E-state index is 0.0443. The van der Waals surface area contributed by atoms with Crippen LogP contribution in [0.15, 0.2) is 42.5 Å². The van der Waals surface area contributed by atoms with E-state index in [4.69, 9.17) is 4.74 Å². The molecule has 7 heteroatoms. The molecule has 0 heterocycles. The van der Waals surface area contributed by atoms with Gasteiger partial charge in [-0.25, -0.2) is 9.18 Å². The highest BCUT2D eigenvalue weighted by Crippen LogP contribution is 2.16. The lowest BCUT2D eigenvalue weighted by Gasteiger charge is -2.12. The summed E-state index contributed by atoms with van der Waals surface area (Å²) in [5.41, 5.74) is 1.94. The Morgan fingerprint density at radius 2 is 1.81 bits per heavy atom. The second kappa shape index (κ2) is 8.84. The average Bonchev–Trinajstić information content (AvgIpc) is 2.61. The summed E-state index contributed by atoms with van der Waals surface area (Å²) in [6, 6.07) is 11.0. The maximum atomic E-state index is 13.2. The molecule has 138 valence electrons. The van der Waals surface area contributed by atoms with E-state index in [0.29, 0.717) is 23.5 Å². The van der Waals surface area contributed by atoms with Crippen LogP contribution in [0.2, 0.25) is 0 Å². The van der Waals surface area contributed by atoms with Gasteiger partial charge in [0.1, 0.15) is 11.6 Å². The highest BCUT2D eigenvalue weighted by Gasteiger charge is 2.06. The summed E-state index contributed by atoms with van der Waals surface area (Å²) in [6.07, 6.45) is 0. The summed E-state index contributed by atoms with van der Waals surface area (Å²) in [4.78, 5) is 24.9. The van der Waals surface area contributed by atoms with Gasteiger partial charge in [-0.1, -0.05) is 12.1 Å². The molecule has 0 aromatic heterocycles. The zero-order valence-electron chi connectivity index (χ0n) is 15.0. The molecule has 0 fully saturated rings. The quantitative estimate of drug-likeness (QED) is 0.833. The standard InChI is InChI=1S/C19H22FN3O3/c1-13-10-14(4-9-17(13)20)11-21-19(25)22-15-5-7-16(8-6-15)26-12-18(24)23(2)3/h4-10H,11-12H2,1-3H3,(H2,21,22,25). The van der Waals surface area contributed by atoms with Gasteiger partial charge in [-0.15, -0.1) is 0 Å². The molecule has 0 aliphatic carbocycles. The van der Waals surface area contributed by atoms with Crippen molar-refractivity contribution < 1.29 is 18.7 Å². The minimum atomic E-state index is -0.372. The van der Waals surface area contributed by atoms with Crippen molar-refractivity contribution in [2.45, 2.75) is 13.5 Å². The lowest BCUT2D eigenvalue weighted by molar-refractivity contribution is -0.130. The Balaban J connectivity index is 1.81. The third kappa shape index (κ3) is 5.77. The van der Waals surface area contributed by atoms with Crippen LogP contribution in [0.5, 0.6) is 5.75 Å². The summed E-state index contributed by atoms with van der Waals surface area (Å²) < 4.78 is 18.6. The molecule has 0 aliphatic heterocycles. The fourth-order valence-corrected chi connectivity index (χ4v) is 2.08. The van der Waals surface area contributed by atoms with Gasteiger partial charge in [-0.2, -0.15) is 0 Å². The van der Waals surface area contributed by atoms with E-state index in [1.807, 2.05) is 0 Å². The van der Waals surface area contributed by atoms with Gasteiger partial charge < -0.3 is 20.3 Å². The van der Waals surface area contributed by atoms with Crippen LogP contribution in [0.4, 0.5) is 14.9 Å². The van der Waals surface area contributed by atoms with Crippen LogP contribution in [-0.4, -0.2) is 37.5 Å². The number of nitrogens with zero attached hydrogens (tertiary/aromatic N) is 1. The van der Waals surface area contributed by atoms with Gasteiger partial charge in [0.25, 0.3) is 5.91 Å². The number of hydrogen-bond donors (Lipinski definition) is 2. The fourth-order valence-electron chi connectivity index (χ4n) is 2.08.